The molecule has 0 saturated heterocycles. The standard InChI is InChI=1S/C13H23N3OS/c1-8(2)6-14-13(17)11(5)16-10(4)12-9(3)15-7-18-12/h7-8,10-11,16H,6H2,1-5H3,(H,14,17). The van der Waals surface area contributed by atoms with Gasteiger partial charge in [0.1, 0.15) is 0 Å². The topological polar surface area (TPSA) is 54.0 Å². The predicted molar refractivity (Wildman–Crippen MR) is 75.7 cm³/mol. The van der Waals surface area contributed by atoms with Gasteiger partial charge in [0.05, 0.1) is 17.2 Å². The highest BCUT2D eigenvalue weighted by atomic mass is 32.1. The van der Waals surface area contributed by atoms with Crippen LogP contribution in [-0.4, -0.2) is 23.5 Å². The lowest BCUT2D eigenvalue weighted by molar-refractivity contribution is -0.123. The first-order chi connectivity index (χ1) is 8.41. The van der Waals surface area contributed by atoms with Crippen molar-refractivity contribution in [1.29, 1.82) is 0 Å². The van der Waals surface area contributed by atoms with Crippen LogP contribution in [0.25, 0.3) is 0 Å². The number of thiazole rings is 1. The normalized spacial score (nSPS) is 14.6. The van der Waals surface area contributed by atoms with E-state index in [1.165, 1.54) is 4.88 Å². The van der Waals surface area contributed by atoms with E-state index in [0.29, 0.717) is 5.92 Å². The summed E-state index contributed by atoms with van der Waals surface area (Å²) in [5.41, 5.74) is 2.88. The molecule has 0 aliphatic heterocycles. The molecule has 0 aromatic carbocycles. The van der Waals surface area contributed by atoms with Crippen LogP contribution in [0.15, 0.2) is 5.51 Å². The van der Waals surface area contributed by atoms with Crippen LogP contribution in [0.3, 0.4) is 0 Å². The molecule has 0 radical (unpaired) electrons. The third kappa shape index (κ3) is 4.38. The van der Waals surface area contributed by atoms with Crippen molar-refractivity contribution in [2.75, 3.05) is 6.54 Å². The van der Waals surface area contributed by atoms with E-state index in [9.17, 15) is 4.79 Å². The van der Waals surface area contributed by atoms with Crippen LogP contribution in [0, 0.1) is 12.8 Å². The number of amides is 1. The minimum atomic E-state index is -0.194. The lowest BCUT2D eigenvalue weighted by Crippen LogP contribution is -2.44. The number of carbonyl (C=O) groups excluding carboxylic acids is 1. The van der Waals surface area contributed by atoms with E-state index < -0.39 is 0 Å². The van der Waals surface area contributed by atoms with Crippen molar-refractivity contribution in [1.82, 2.24) is 15.6 Å². The van der Waals surface area contributed by atoms with Crippen LogP contribution >= 0.6 is 11.3 Å². The molecule has 2 atom stereocenters. The monoisotopic (exact) mass is 269 g/mol. The molecule has 0 aliphatic rings. The summed E-state index contributed by atoms with van der Waals surface area (Å²) in [6, 6.07) is -0.0439. The zero-order valence-electron chi connectivity index (χ0n) is 11.8. The first-order valence-electron chi connectivity index (χ1n) is 6.35. The zero-order valence-corrected chi connectivity index (χ0v) is 12.6. The average molecular weight is 269 g/mol. The molecule has 1 aromatic rings. The number of hydrogen-bond acceptors (Lipinski definition) is 4. The van der Waals surface area contributed by atoms with Crippen LogP contribution in [0.1, 0.15) is 44.3 Å². The van der Waals surface area contributed by atoms with Gasteiger partial charge in [0, 0.05) is 17.5 Å². The molecule has 4 nitrogen and oxygen atoms in total. The largest absolute Gasteiger partial charge is 0.354 e. The number of rotatable bonds is 6. The van der Waals surface area contributed by atoms with Gasteiger partial charge in [-0.1, -0.05) is 13.8 Å². The Kier molecular flexibility index (Phi) is 5.75. The van der Waals surface area contributed by atoms with Gasteiger partial charge < -0.3 is 5.32 Å². The smallest absolute Gasteiger partial charge is 0.236 e. The summed E-state index contributed by atoms with van der Waals surface area (Å²) in [5, 5.41) is 6.24. The average Bonchev–Trinajstić information content (AvgIpc) is 2.72. The number of carbonyl (C=O) groups is 1. The molecule has 0 spiro atoms. The molecule has 1 heterocycles. The van der Waals surface area contributed by atoms with E-state index in [4.69, 9.17) is 0 Å². The highest BCUT2D eigenvalue weighted by molar-refractivity contribution is 7.09. The molecule has 0 saturated carbocycles. The van der Waals surface area contributed by atoms with E-state index in [2.05, 4.69) is 36.4 Å². The van der Waals surface area contributed by atoms with Crippen molar-refractivity contribution >= 4 is 17.2 Å². The summed E-state index contributed by atoms with van der Waals surface area (Å²) in [6.07, 6.45) is 0. The maximum Gasteiger partial charge on any atom is 0.236 e. The number of aromatic nitrogens is 1. The van der Waals surface area contributed by atoms with Crippen LogP contribution in [-0.2, 0) is 4.79 Å². The van der Waals surface area contributed by atoms with Gasteiger partial charge in [-0.15, -0.1) is 11.3 Å². The van der Waals surface area contributed by atoms with Gasteiger partial charge in [-0.2, -0.15) is 0 Å². The van der Waals surface area contributed by atoms with Gasteiger partial charge in [0.15, 0.2) is 0 Å². The summed E-state index contributed by atoms with van der Waals surface area (Å²) in [7, 11) is 0. The van der Waals surface area contributed by atoms with Crippen molar-refractivity contribution in [2.24, 2.45) is 5.92 Å². The lowest BCUT2D eigenvalue weighted by atomic mass is 10.2. The zero-order chi connectivity index (χ0) is 13.7. The van der Waals surface area contributed by atoms with E-state index in [1.54, 1.807) is 11.3 Å². The SMILES string of the molecule is Cc1ncsc1C(C)NC(C)C(=O)NCC(C)C. The van der Waals surface area contributed by atoms with Gasteiger partial charge >= 0.3 is 0 Å². The maximum atomic E-state index is 11.9. The quantitative estimate of drug-likeness (QED) is 0.833. The summed E-state index contributed by atoms with van der Waals surface area (Å²) in [4.78, 5) is 17.3. The Hall–Kier alpha value is -0.940. The Balaban J connectivity index is 2.47. The van der Waals surface area contributed by atoms with E-state index in [0.717, 1.165) is 12.2 Å². The Morgan fingerprint density at radius 2 is 2.06 bits per heavy atom. The van der Waals surface area contributed by atoms with E-state index >= 15 is 0 Å². The minimum Gasteiger partial charge on any atom is -0.354 e. The van der Waals surface area contributed by atoms with Gasteiger partial charge in [-0.05, 0) is 26.7 Å². The summed E-state index contributed by atoms with van der Waals surface area (Å²) in [5.74, 6) is 0.528. The summed E-state index contributed by atoms with van der Waals surface area (Å²) in [6.45, 7) is 10.8. The molecule has 2 unspecified atom stereocenters. The fraction of sp³-hybridized carbons (Fsp3) is 0.692. The molecule has 2 N–H and O–H groups in total. The highest BCUT2D eigenvalue weighted by Gasteiger charge is 2.18. The first kappa shape index (κ1) is 15.1. The molecule has 1 amide bonds. The summed E-state index contributed by atoms with van der Waals surface area (Å²) >= 11 is 1.62. The third-order valence-corrected chi connectivity index (χ3v) is 3.87. The van der Waals surface area contributed by atoms with Crippen molar-refractivity contribution in [3.63, 3.8) is 0 Å². The van der Waals surface area contributed by atoms with E-state index in [1.807, 2.05) is 19.4 Å². The van der Waals surface area contributed by atoms with Gasteiger partial charge in [-0.25, -0.2) is 4.98 Å². The molecule has 0 bridgehead atoms. The molecule has 1 rings (SSSR count). The van der Waals surface area contributed by atoms with Gasteiger partial charge in [-0.3, -0.25) is 10.1 Å². The fourth-order valence-corrected chi connectivity index (χ4v) is 2.53. The second-order valence-electron chi connectivity index (χ2n) is 5.05. The van der Waals surface area contributed by atoms with Crippen LogP contribution in [0.5, 0.6) is 0 Å². The van der Waals surface area contributed by atoms with Crippen LogP contribution < -0.4 is 10.6 Å². The Labute approximate surface area is 113 Å². The number of nitrogens with zero attached hydrogens (tertiary/aromatic N) is 1. The van der Waals surface area contributed by atoms with Crippen molar-refractivity contribution < 1.29 is 4.79 Å². The van der Waals surface area contributed by atoms with Gasteiger partial charge in [0.2, 0.25) is 5.91 Å². The summed E-state index contributed by atoms with van der Waals surface area (Å²) < 4.78 is 0. The maximum absolute atomic E-state index is 11.9. The first-order valence-corrected chi connectivity index (χ1v) is 7.23. The Morgan fingerprint density at radius 3 is 2.56 bits per heavy atom. The fourth-order valence-electron chi connectivity index (χ4n) is 1.71. The molecule has 5 heteroatoms. The second-order valence-corrected chi connectivity index (χ2v) is 5.94. The van der Waals surface area contributed by atoms with Crippen molar-refractivity contribution in [2.45, 2.75) is 46.7 Å². The molecule has 102 valence electrons. The van der Waals surface area contributed by atoms with Crippen LogP contribution in [0.2, 0.25) is 0 Å². The molecular formula is C13H23N3OS. The van der Waals surface area contributed by atoms with E-state index in [-0.39, 0.29) is 18.0 Å². The minimum absolute atomic E-state index is 0.0534. The number of aryl methyl sites for hydroxylation is 1. The number of nitrogens with one attached hydrogen (secondary N) is 2. The molecular weight excluding hydrogens is 246 g/mol. The lowest BCUT2D eigenvalue weighted by Gasteiger charge is -2.19. The Bertz CT molecular complexity index is 389. The highest BCUT2D eigenvalue weighted by Crippen LogP contribution is 2.21. The number of hydrogen-bond donors (Lipinski definition) is 2. The van der Waals surface area contributed by atoms with Crippen LogP contribution in [0.4, 0.5) is 0 Å². The Morgan fingerprint density at radius 1 is 1.39 bits per heavy atom. The molecule has 0 aliphatic carbocycles. The molecule has 18 heavy (non-hydrogen) atoms. The van der Waals surface area contributed by atoms with Crippen molar-refractivity contribution in [3.8, 4) is 0 Å². The molecule has 1 aromatic heterocycles. The van der Waals surface area contributed by atoms with Gasteiger partial charge in [0.25, 0.3) is 0 Å². The van der Waals surface area contributed by atoms with Crippen molar-refractivity contribution in [3.05, 3.63) is 16.1 Å². The molecule has 0 fully saturated rings. The predicted octanol–water partition coefficient (Wildman–Crippen LogP) is 2.26. The second kappa shape index (κ2) is 6.85. The third-order valence-electron chi connectivity index (χ3n) is 2.75.